The van der Waals surface area contributed by atoms with E-state index in [1.54, 1.807) is 0 Å². The third-order valence-electron chi connectivity index (χ3n) is 2.96. The van der Waals surface area contributed by atoms with Gasteiger partial charge in [-0.1, -0.05) is 6.92 Å². The fraction of sp³-hybridized carbons (Fsp3) is 0.800. The molecule has 1 aliphatic carbocycles. The number of rotatable bonds is 4. The summed E-state index contributed by atoms with van der Waals surface area (Å²) in [5.41, 5.74) is -1.02. The highest BCUT2D eigenvalue weighted by molar-refractivity contribution is 5.87. The van der Waals surface area contributed by atoms with Crippen LogP contribution in [-0.2, 0) is 4.79 Å². The Labute approximate surface area is 89.2 Å². The van der Waals surface area contributed by atoms with Crippen LogP contribution in [0.15, 0.2) is 0 Å². The van der Waals surface area contributed by atoms with Crippen LogP contribution in [0.4, 0.5) is 4.79 Å². The van der Waals surface area contributed by atoms with Gasteiger partial charge in [-0.05, 0) is 32.6 Å². The summed E-state index contributed by atoms with van der Waals surface area (Å²) in [5.74, 6) is -0.937. The van der Waals surface area contributed by atoms with Gasteiger partial charge in [-0.2, -0.15) is 0 Å². The van der Waals surface area contributed by atoms with Gasteiger partial charge in [-0.25, -0.2) is 9.59 Å². The van der Waals surface area contributed by atoms with Gasteiger partial charge in [-0.3, -0.25) is 0 Å². The zero-order chi connectivity index (χ0) is 11.5. The van der Waals surface area contributed by atoms with E-state index in [0.29, 0.717) is 12.8 Å². The number of carbonyl (C=O) groups is 2. The van der Waals surface area contributed by atoms with E-state index in [9.17, 15) is 9.59 Å². The molecule has 1 unspecified atom stereocenters. The van der Waals surface area contributed by atoms with E-state index in [1.165, 1.54) is 0 Å². The molecule has 0 aromatic carbocycles. The molecule has 0 aromatic heterocycles. The lowest BCUT2D eigenvalue weighted by atomic mass is 9.77. The fourth-order valence-corrected chi connectivity index (χ4v) is 1.50. The van der Waals surface area contributed by atoms with Crippen molar-refractivity contribution in [2.45, 2.75) is 51.1 Å². The molecule has 1 aliphatic rings. The largest absolute Gasteiger partial charge is 0.480 e. The summed E-state index contributed by atoms with van der Waals surface area (Å²) in [6, 6.07) is -0.317. The third-order valence-corrected chi connectivity index (χ3v) is 2.96. The van der Waals surface area contributed by atoms with Gasteiger partial charge in [0.05, 0.1) is 0 Å². The van der Waals surface area contributed by atoms with E-state index in [4.69, 9.17) is 5.11 Å². The van der Waals surface area contributed by atoms with E-state index in [1.807, 2.05) is 13.8 Å². The van der Waals surface area contributed by atoms with Gasteiger partial charge in [0.2, 0.25) is 0 Å². The number of hydrogen-bond acceptors (Lipinski definition) is 2. The lowest BCUT2D eigenvalue weighted by Gasteiger charge is -2.38. The molecule has 0 saturated heterocycles. The average molecular weight is 214 g/mol. The van der Waals surface area contributed by atoms with Crippen LogP contribution >= 0.6 is 0 Å². The lowest BCUT2D eigenvalue weighted by molar-refractivity contribution is -0.148. The maximum atomic E-state index is 11.4. The second-order valence-electron chi connectivity index (χ2n) is 4.15. The monoisotopic (exact) mass is 214 g/mol. The zero-order valence-corrected chi connectivity index (χ0v) is 9.17. The SMILES string of the molecule is CCC(C)NC(=O)NC1(C(=O)O)CCC1. The van der Waals surface area contributed by atoms with Crippen LogP contribution in [0.2, 0.25) is 0 Å². The van der Waals surface area contributed by atoms with Crippen molar-refractivity contribution in [3.05, 3.63) is 0 Å². The Hall–Kier alpha value is -1.26. The summed E-state index contributed by atoms with van der Waals surface area (Å²) in [4.78, 5) is 22.4. The van der Waals surface area contributed by atoms with E-state index in [0.717, 1.165) is 12.8 Å². The molecule has 0 radical (unpaired) electrons. The Morgan fingerprint density at radius 1 is 1.47 bits per heavy atom. The average Bonchev–Trinajstić information content (AvgIpc) is 2.10. The van der Waals surface area contributed by atoms with Crippen LogP contribution in [0.25, 0.3) is 0 Å². The van der Waals surface area contributed by atoms with Crippen LogP contribution < -0.4 is 10.6 Å². The number of aliphatic carboxylic acids is 1. The molecular formula is C10H18N2O3. The van der Waals surface area contributed by atoms with Crippen LogP contribution in [0.3, 0.4) is 0 Å². The van der Waals surface area contributed by atoms with Crippen molar-refractivity contribution in [1.29, 1.82) is 0 Å². The number of hydrogen-bond donors (Lipinski definition) is 3. The van der Waals surface area contributed by atoms with Gasteiger partial charge in [0.15, 0.2) is 0 Å². The highest BCUT2D eigenvalue weighted by Gasteiger charge is 2.45. The minimum Gasteiger partial charge on any atom is -0.480 e. The molecule has 2 amide bonds. The van der Waals surface area contributed by atoms with Crippen molar-refractivity contribution >= 4 is 12.0 Å². The molecule has 3 N–H and O–H groups in total. The molecule has 1 saturated carbocycles. The molecule has 0 spiro atoms. The van der Waals surface area contributed by atoms with Crippen molar-refractivity contribution in [2.24, 2.45) is 0 Å². The normalized spacial score (nSPS) is 19.9. The molecule has 86 valence electrons. The van der Waals surface area contributed by atoms with Crippen molar-refractivity contribution in [2.75, 3.05) is 0 Å². The van der Waals surface area contributed by atoms with Crippen molar-refractivity contribution in [3.8, 4) is 0 Å². The van der Waals surface area contributed by atoms with E-state index >= 15 is 0 Å². The molecule has 1 atom stereocenters. The second-order valence-corrected chi connectivity index (χ2v) is 4.15. The molecule has 1 fully saturated rings. The number of urea groups is 1. The number of nitrogens with one attached hydrogen (secondary N) is 2. The van der Waals surface area contributed by atoms with Gasteiger partial charge < -0.3 is 15.7 Å². The molecule has 15 heavy (non-hydrogen) atoms. The number of carboxylic acids is 1. The minimum absolute atomic E-state index is 0.0657. The Bertz CT molecular complexity index is 261. The summed E-state index contributed by atoms with van der Waals surface area (Å²) in [5, 5.41) is 14.2. The van der Waals surface area contributed by atoms with E-state index in [2.05, 4.69) is 10.6 Å². The number of carbonyl (C=O) groups excluding carboxylic acids is 1. The van der Waals surface area contributed by atoms with Gasteiger partial charge in [-0.15, -0.1) is 0 Å². The Kier molecular flexibility index (Phi) is 3.55. The second kappa shape index (κ2) is 4.51. The first-order chi connectivity index (χ1) is 7.00. The number of amides is 2. The molecule has 5 nitrogen and oxygen atoms in total. The smallest absolute Gasteiger partial charge is 0.329 e. The first-order valence-electron chi connectivity index (χ1n) is 5.32. The number of carboxylic acid groups (broad SMARTS) is 1. The van der Waals surface area contributed by atoms with Crippen LogP contribution in [-0.4, -0.2) is 28.7 Å². The van der Waals surface area contributed by atoms with Gasteiger partial charge >= 0.3 is 12.0 Å². The standard InChI is InChI=1S/C10H18N2O3/c1-3-7(2)11-9(15)12-10(8(13)14)5-4-6-10/h7H,3-6H2,1-2H3,(H,13,14)(H2,11,12,15). The predicted molar refractivity (Wildman–Crippen MR) is 55.6 cm³/mol. The van der Waals surface area contributed by atoms with Gasteiger partial charge in [0.1, 0.15) is 5.54 Å². The van der Waals surface area contributed by atoms with E-state index < -0.39 is 11.5 Å². The fourth-order valence-electron chi connectivity index (χ4n) is 1.50. The van der Waals surface area contributed by atoms with Crippen LogP contribution in [0.5, 0.6) is 0 Å². The molecular weight excluding hydrogens is 196 g/mol. The first-order valence-corrected chi connectivity index (χ1v) is 5.32. The molecule has 5 heteroatoms. The van der Waals surface area contributed by atoms with Crippen LogP contribution in [0.1, 0.15) is 39.5 Å². The van der Waals surface area contributed by atoms with Crippen molar-refractivity contribution in [3.63, 3.8) is 0 Å². The molecule has 0 heterocycles. The Balaban J connectivity index is 2.46. The highest BCUT2D eigenvalue weighted by Crippen LogP contribution is 2.31. The zero-order valence-electron chi connectivity index (χ0n) is 9.17. The van der Waals surface area contributed by atoms with Gasteiger partial charge in [0, 0.05) is 6.04 Å². The quantitative estimate of drug-likeness (QED) is 0.655. The first kappa shape index (κ1) is 11.8. The van der Waals surface area contributed by atoms with Crippen molar-refractivity contribution < 1.29 is 14.7 Å². The van der Waals surface area contributed by atoms with Crippen LogP contribution in [0, 0.1) is 0 Å². The Morgan fingerprint density at radius 2 is 2.07 bits per heavy atom. The summed E-state index contributed by atoms with van der Waals surface area (Å²) in [7, 11) is 0. The van der Waals surface area contributed by atoms with Crippen molar-refractivity contribution in [1.82, 2.24) is 10.6 Å². The van der Waals surface area contributed by atoms with Gasteiger partial charge in [0.25, 0.3) is 0 Å². The summed E-state index contributed by atoms with van der Waals surface area (Å²) >= 11 is 0. The topological polar surface area (TPSA) is 78.4 Å². The lowest BCUT2D eigenvalue weighted by Crippen LogP contribution is -2.61. The molecule has 0 aromatic rings. The molecule has 1 rings (SSSR count). The molecule has 0 aliphatic heterocycles. The van der Waals surface area contributed by atoms with E-state index in [-0.39, 0.29) is 12.1 Å². The summed E-state index contributed by atoms with van der Waals surface area (Å²) in [6.45, 7) is 3.84. The summed E-state index contributed by atoms with van der Waals surface area (Å²) < 4.78 is 0. The third kappa shape index (κ3) is 2.61. The maximum absolute atomic E-state index is 11.4. The summed E-state index contributed by atoms with van der Waals surface area (Å²) in [6.07, 6.45) is 2.73. The predicted octanol–water partition coefficient (Wildman–Crippen LogP) is 1.09. The Morgan fingerprint density at radius 3 is 2.40 bits per heavy atom. The maximum Gasteiger partial charge on any atom is 0.329 e. The molecule has 0 bridgehead atoms. The highest BCUT2D eigenvalue weighted by atomic mass is 16.4. The minimum atomic E-state index is -1.02.